The summed E-state index contributed by atoms with van der Waals surface area (Å²) >= 11 is 7.52. The van der Waals surface area contributed by atoms with Crippen LogP contribution in [-0.2, 0) is 16.0 Å². The van der Waals surface area contributed by atoms with Crippen LogP contribution in [0.15, 0.2) is 40.8 Å². The number of hydrazone groups is 1. The number of rotatable bonds is 7. The molecule has 0 saturated heterocycles. The van der Waals surface area contributed by atoms with E-state index in [-0.39, 0.29) is 24.7 Å². The minimum atomic E-state index is -0.255. The Morgan fingerprint density at radius 2 is 2.08 bits per heavy atom. The third-order valence-electron chi connectivity index (χ3n) is 3.14. The number of amides is 2. The molecule has 0 fully saturated rings. The van der Waals surface area contributed by atoms with Gasteiger partial charge in [0.05, 0.1) is 25.0 Å². The lowest BCUT2D eigenvalue weighted by Gasteiger charge is -2.08. The zero-order valence-corrected chi connectivity index (χ0v) is 15.4. The molecular formula is C17H18ClN3O3S. The van der Waals surface area contributed by atoms with Gasteiger partial charge >= 0.3 is 0 Å². The predicted molar refractivity (Wildman–Crippen MR) is 101 cm³/mol. The molecule has 2 aromatic rings. The number of thiophene rings is 1. The number of carbonyl (C=O) groups excluding carboxylic acids is 2. The van der Waals surface area contributed by atoms with Crippen molar-refractivity contribution in [2.24, 2.45) is 5.10 Å². The first-order valence-corrected chi connectivity index (χ1v) is 8.71. The number of methoxy groups -OCH3 is 1. The molecule has 0 unspecified atom stereocenters. The van der Waals surface area contributed by atoms with Crippen molar-refractivity contribution < 1.29 is 14.3 Å². The van der Waals surface area contributed by atoms with Crippen molar-refractivity contribution >= 4 is 46.2 Å². The molecule has 0 bridgehead atoms. The summed E-state index contributed by atoms with van der Waals surface area (Å²) in [7, 11) is 1.52. The van der Waals surface area contributed by atoms with Gasteiger partial charge in [0.25, 0.3) is 0 Å². The van der Waals surface area contributed by atoms with Crippen LogP contribution < -0.4 is 15.5 Å². The second kappa shape index (κ2) is 9.19. The Bertz CT molecular complexity index is 775. The van der Waals surface area contributed by atoms with Gasteiger partial charge in [-0.3, -0.25) is 9.59 Å². The zero-order valence-electron chi connectivity index (χ0n) is 13.8. The van der Waals surface area contributed by atoms with E-state index in [1.54, 1.807) is 25.1 Å². The lowest BCUT2D eigenvalue weighted by Crippen LogP contribution is -2.22. The van der Waals surface area contributed by atoms with Crippen LogP contribution in [0.25, 0.3) is 0 Å². The molecule has 2 N–H and O–H groups in total. The third-order valence-corrected chi connectivity index (χ3v) is 4.31. The van der Waals surface area contributed by atoms with Crippen LogP contribution >= 0.6 is 22.9 Å². The highest BCUT2D eigenvalue weighted by molar-refractivity contribution is 7.10. The van der Waals surface area contributed by atoms with E-state index in [0.29, 0.717) is 22.2 Å². The smallest absolute Gasteiger partial charge is 0.245 e. The van der Waals surface area contributed by atoms with Crippen molar-refractivity contribution in [3.63, 3.8) is 0 Å². The van der Waals surface area contributed by atoms with Gasteiger partial charge in [-0.2, -0.15) is 5.10 Å². The average Bonchev–Trinajstić information content (AvgIpc) is 3.06. The van der Waals surface area contributed by atoms with Crippen LogP contribution in [0.5, 0.6) is 5.75 Å². The van der Waals surface area contributed by atoms with Gasteiger partial charge in [-0.25, -0.2) is 5.43 Å². The van der Waals surface area contributed by atoms with E-state index in [1.807, 2.05) is 17.5 Å². The van der Waals surface area contributed by atoms with Crippen LogP contribution in [0.4, 0.5) is 5.69 Å². The molecule has 0 saturated carbocycles. The molecule has 1 aromatic carbocycles. The number of ether oxygens (including phenoxy) is 1. The largest absolute Gasteiger partial charge is 0.495 e. The maximum atomic E-state index is 12.0. The standard InChI is InChI=1S/C17H18ClN3O3S/c1-11(20-21-17(23)10-13-4-3-7-25-13)8-16(22)19-12-5-6-15(24-2)14(18)9-12/h3-7,9H,8,10H2,1-2H3,(H,19,22)(H,21,23). The maximum absolute atomic E-state index is 12.0. The quantitative estimate of drug-likeness (QED) is 0.571. The van der Waals surface area contributed by atoms with Crippen molar-refractivity contribution in [3.05, 3.63) is 45.6 Å². The highest BCUT2D eigenvalue weighted by Crippen LogP contribution is 2.27. The molecule has 132 valence electrons. The first-order valence-electron chi connectivity index (χ1n) is 7.45. The van der Waals surface area contributed by atoms with Gasteiger partial charge in [0.1, 0.15) is 5.75 Å². The molecule has 0 aliphatic rings. The molecule has 6 nitrogen and oxygen atoms in total. The summed E-state index contributed by atoms with van der Waals surface area (Å²) in [4.78, 5) is 24.7. The molecule has 1 heterocycles. The normalized spacial score (nSPS) is 11.1. The first kappa shape index (κ1) is 19.0. The first-order chi connectivity index (χ1) is 12.0. The van der Waals surface area contributed by atoms with E-state index in [4.69, 9.17) is 16.3 Å². The van der Waals surface area contributed by atoms with Gasteiger partial charge < -0.3 is 10.1 Å². The molecule has 0 aliphatic heterocycles. The fourth-order valence-electron chi connectivity index (χ4n) is 1.99. The average molecular weight is 380 g/mol. The van der Waals surface area contributed by atoms with Crippen molar-refractivity contribution in [3.8, 4) is 5.75 Å². The SMILES string of the molecule is COc1ccc(NC(=O)CC(C)=NNC(=O)Cc2cccs2)cc1Cl. The number of halogens is 1. The fourth-order valence-corrected chi connectivity index (χ4v) is 2.95. The molecule has 8 heteroatoms. The number of anilines is 1. The van der Waals surface area contributed by atoms with E-state index in [9.17, 15) is 9.59 Å². The monoisotopic (exact) mass is 379 g/mol. The van der Waals surface area contributed by atoms with Crippen LogP contribution in [0.1, 0.15) is 18.2 Å². The van der Waals surface area contributed by atoms with Crippen LogP contribution in [0.2, 0.25) is 5.02 Å². The summed E-state index contributed by atoms with van der Waals surface area (Å²) in [5.74, 6) is 0.0602. The zero-order chi connectivity index (χ0) is 18.2. The van der Waals surface area contributed by atoms with Crippen molar-refractivity contribution in [2.75, 3.05) is 12.4 Å². The van der Waals surface area contributed by atoms with Gasteiger partial charge in [-0.05, 0) is 36.6 Å². The predicted octanol–water partition coefficient (Wildman–Crippen LogP) is 3.47. The van der Waals surface area contributed by atoms with Gasteiger partial charge in [0.2, 0.25) is 11.8 Å². The van der Waals surface area contributed by atoms with Gasteiger partial charge in [-0.15, -0.1) is 11.3 Å². The second-order valence-electron chi connectivity index (χ2n) is 5.21. The molecule has 2 rings (SSSR count). The van der Waals surface area contributed by atoms with Gasteiger partial charge in [0, 0.05) is 16.3 Å². The Labute approximate surface area is 154 Å². The van der Waals surface area contributed by atoms with Crippen LogP contribution in [-0.4, -0.2) is 24.6 Å². The Balaban J connectivity index is 1.82. The van der Waals surface area contributed by atoms with Crippen molar-refractivity contribution in [1.82, 2.24) is 5.43 Å². The summed E-state index contributed by atoms with van der Waals surface area (Å²) in [6.45, 7) is 1.67. The highest BCUT2D eigenvalue weighted by atomic mass is 35.5. The van der Waals surface area contributed by atoms with Crippen molar-refractivity contribution in [2.45, 2.75) is 19.8 Å². The number of hydrogen-bond acceptors (Lipinski definition) is 5. The molecule has 25 heavy (non-hydrogen) atoms. The maximum Gasteiger partial charge on any atom is 0.245 e. The van der Waals surface area contributed by atoms with Crippen LogP contribution in [0.3, 0.4) is 0 Å². The summed E-state index contributed by atoms with van der Waals surface area (Å²) < 4.78 is 5.06. The molecule has 0 atom stereocenters. The molecule has 2 amide bonds. The van der Waals surface area contributed by atoms with Crippen LogP contribution in [0, 0.1) is 0 Å². The van der Waals surface area contributed by atoms with Gasteiger partial charge in [0.15, 0.2) is 0 Å². The van der Waals surface area contributed by atoms with E-state index in [0.717, 1.165) is 4.88 Å². The van der Waals surface area contributed by atoms with E-state index >= 15 is 0 Å². The Hall–Kier alpha value is -2.38. The molecule has 1 aromatic heterocycles. The number of nitrogens with zero attached hydrogens (tertiary/aromatic N) is 1. The number of hydrogen-bond donors (Lipinski definition) is 2. The third kappa shape index (κ3) is 6.21. The topological polar surface area (TPSA) is 79.8 Å². The number of benzene rings is 1. The summed E-state index contributed by atoms with van der Waals surface area (Å²) in [6, 6.07) is 8.74. The Morgan fingerprint density at radius 3 is 2.72 bits per heavy atom. The Kier molecular flexibility index (Phi) is 6.97. The summed E-state index contributed by atoms with van der Waals surface area (Å²) in [6.07, 6.45) is 0.327. The Morgan fingerprint density at radius 1 is 1.28 bits per heavy atom. The van der Waals surface area contributed by atoms with E-state index in [2.05, 4.69) is 15.8 Å². The molecule has 0 aliphatic carbocycles. The second-order valence-corrected chi connectivity index (χ2v) is 6.65. The summed E-state index contributed by atoms with van der Waals surface area (Å²) in [5, 5.41) is 8.98. The van der Waals surface area contributed by atoms with Crippen molar-refractivity contribution in [1.29, 1.82) is 0 Å². The number of carbonyl (C=O) groups is 2. The lowest BCUT2D eigenvalue weighted by atomic mass is 10.2. The number of nitrogens with one attached hydrogen (secondary N) is 2. The highest BCUT2D eigenvalue weighted by Gasteiger charge is 2.08. The lowest BCUT2D eigenvalue weighted by molar-refractivity contribution is -0.120. The van der Waals surface area contributed by atoms with E-state index in [1.165, 1.54) is 18.4 Å². The molecular weight excluding hydrogens is 362 g/mol. The van der Waals surface area contributed by atoms with Gasteiger partial charge in [-0.1, -0.05) is 17.7 Å². The minimum Gasteiger partial charge on any atom is -0.495 e. The molecule has 0 spiro atoms. The molecule has 0 radical (unpaired) electrons. The fraction of sp³-hybridized carbons (Fsp3) is 0.235. The summed E-state index contributed by atoms with van der Waals surface area (Å²) in [5.41, 5.74) is 3.51. The minimum absolute atomic E-state index is 0.0585. The van der Waals surface area contributed by atoms with E-state index < -0.39 is 0 Å².